The van der Waals surface area contributed by atoms with Crippen LogP contribution in [0.3, 0.4) is 0 Å². The summed E-state index contributed by atoms with van der Waals surface area (Å²) in [7, 11) is -4.11. The van der Waals surface area contributed by atoms with Gasteiger partial charge in [0.15, 0.2) is 0 Å². The highest BCUT2D eigenvalue weighted by molar-refractivity contribution is 7.99. The van der Waals surface area contributed by atoms with Gasteiger partial charge in [0.25, 0.3) is 10.1 Å². The number of hydrogen-bond acceptors (Lipinski definition) is 8. The fourth-order valence-electron chi connectivity index (χ4n) is 5.60. The smallest absolute Gasteiger partial charge is 0.271 e. The molecule has 7 nitrogen and oxygen atoms in total. The van der Waals surface area contributed by atoms with E-state index in [0.717, 1.165) is 21.6 Å². The lowest BCUT2D eigenvalue weighted by atomic mass is 9.99. The van der Waals surface area contributed by atoms with Crippen LogP contribution in [-0.4, -0.2) is 44.9 Å². The van der Waals surface area contributed by atoms with E-state index in [1.807, 2.05) is 127 Å². The Morgan fingerprint density at radius 2 is 0.980 bits per heavy atom. The SMILES string of the molecule is O=S(=O)(Cc1ccccc1)O[C@@H]1[C@H](OCc2ccccc2)[C@@H](OCc2ccccc2)[C@H](Sc2ccccc2)O[C@@H]1COCc1ccccc1. The fraction of sp³-hybridized carbons (Fsp3) is 0.250. The summed E-state index contributed by atoms with van der Waals surface area (Å²) in [6.45, 7) is 0.882. The van der Waals surface area contributed by atoms with E-state index in [2.05, 4.69) is 0 Å². The Hall–Kier alpha value is -3.80. The minimum absolute atomic E-state index is 0.0723. The average Bonchev–Trinajstić information content (AvgIpc) is 3.13. The summed E-state index contributed by atoms with van der Waals surface area (Å²) in [5.41, 5.74) is 2.94. The number of ether oxygens (including phenoxy) is 4. The first kappa shape index (κ1) is 35.0. The molecule has 9 heteroatoms. The van der Waals surface area contributed by atoms with E-state index in [9.17, 15) is 8.42 Å². The van der Waals surface area contributed by atoms with Gasteiger partial charge in [-0.1, -0.05) is 151 Å². The van der Waals surface area contributed by atoms with Gasteiger partial charge >= 0.3 is 0 Å². The number of benzene rings is 5. The lowest BCUT2D eigenvalue weighted by molar-refractivity contribution is -0.233. The minimum Gasteiger partial charge on any atom is -0.374 e. The van der Waals surface area contributed by atoms with Gasteiger partial charge in [-0.25, -0.2) is 0 Å². The highest BCUT2D eigenvalue weighted by Crippen LogP contribution is 2.38. The number of hydrogen-bond donors (Lipinski definition) is 0. The molecule has 254 valence electrons. The van der Waals surface area contributed by atoms with Crippen LogP contribution < -0.4 is 0 Å². The van der Waals surface area contributed by atoms with E-state index in [0.29, 0.717) is 12.2 Å². The van der Waals surface area contributed by atoms with Gasteiger partial charge in [0.1, 0.15) is 35.6 Å². The molecule has 0 spiro atoms. The Bertz CT molecular complexity index is 1780. The zero-order valence-corrected chi connectivity index (χ0v) is 28.7. The van der Waals surface area contributed by atoms with Gasteiger partial charge in [0.2, 0.25) is 0 Å². The lowest BCUT2D eigenvalue weighted by Crippen LogP contribution is -2.60. The quantitative estimate of drug-likeness (QED) is 0.0968. The second kappa shape index (κ2) is 17.7. The fourth-order valence-corrected chi connectivity index (χ4v) is 7.99. The third-order valence-electron chi connectivity index (χ3n) is 7.99. The highest BCUT2D eigenvalue weighted by atomic mass is 32.2. The van der Waals surface area contributed by atoms with E-state index >= 15 is 0 Å². The van der Waals surface area contributed by atoms with Gasteiger partial charge in [-0.05, 0) is 34.4 Å². The van der Waals surface area contributed by atoms with Crippen molar-refractivity contribution in [2.45, 2.75) is 60.3 Å². The van der Waals surface area contributed by atoms with Crippen molar-refractivity contribution in [3.8, 4) is 0 Å². The van der Waals surface area contributed by atoms with E-state index < -0.39 is 40.0 Å². The standard InChI is InChI=1S/C40H40O7S2/c41-49(42,30-34-22-12-4-13-23-34)47-37-36(29-43-26-31-16-6-1-7-17-31)46-40(48-35-24-14-5-15-25-35)39(45-28-33-20-10-3-11-21-33)38(37)44-27-32-18-8-2-9-19-32/h1-25,36-40H,26-30H2/t36-,37+,38+,39-,40+/m1/s1. The van der Waals surface area contributed by atoms with E-state index in [4.69, 9.17) is 23.1 Å². The molecule has 5 aromatic rings. The van der Waals surface area contributed by atoms with Crippen molar-refractivity contribution < 1.29 is 31.5 Å². The van der Waals surface area contributed by atoms with Crippen LogP contribution in [0, 0.1) is 0 Å². The molecule has 49 heavy (non-hydrogen) atoms. The van der Waals surface area contributed by atoms with Crippen LogP contribution in [0.1, 0.15) is 22.3 Å². The Morgan fingerprint density at radius 3 is 1.51 bits per heavy atom. The summed E-state index contributed by atoms with van der Waals surface area (Å²) in [4.78, 5) is 0.975. The molecule has 1 heterocycles. The molecule has 1 fully saturated rings. The number of rotatable bonds is 16. The second-order valence-corrected chi connectivity index (χ2v) is 14.5. The molecule has 5 aromatic carbocycles. The summed E-state index contributed by atoms with van der Waals surface area (Å²) in [5, 5.41) is 0. The van der Waals surface area contributed by atoms with Gasteiger partial charge in [-0.3, -0.25) is 4.18 Å². The first-order valence-corrected chi connectivity index (χ1v) is 18.7. The maximum atomic E-state index is 13.8. The van der Waals surface area contributed by atoms with Crippen molar-refractivity contribution in [1.82, 2.24) is 0 Å². The zero-order chi connectivity index (χ0) is 33.7. The topological polar surface area (TPSA) is 80.3 Å². The summed E-state index contributed by atoms with van der Waals surface area (Å²) >= 11 is 1.50. The second-order valence-electron chi connectivity index (χ2n) is 11.7. The molecular formula is C40H40O7S2. The maximum Gasteiger partial charge on any atom is 0.271 e. The molecule has 0 N–H and O–H groups in total. The normalized spacial score (nSPS) is 20.9. The highest BCUT2D eigenvalue weighted by Gasteiger charge is 2.50. The third-order valence-corrected chi connectivity index (χ3v) is 10.4. The van der Waals surface area contributed by atoms with Crippen molar-refractivity contribution in [2.75, 3.05) is 6.61 Å². The number of thioether (sulfide) groups is 1. The summed E-state index contributed by atoms with van der Waals surface area (Å²) in [6, 6.07) is 48.3. The largest absolute Gasteiger partial charge is 0.374 e. The van der Waals surface area contributed by atoms with Crippen molar-refractivity contribution in [1.29, 1.82) is 0 Å². The first-order valence-electron chi connectivity index (χ1n) is 16.3. The van der Waals surface area contributed by atoms with Crippen LogP contribution in [0.2, 0.25) is 0 Å². The van der Waals surface area contributed by atoms with Crippen molar-refractivity contribution >= 4 is 21.9 Å². The monoisotopic (exact) mass is 696 g/mol. The average molecular weight is 697 g/mol. The molecule has 0 radical (unpaired) electrons. The molecule has 0 bridgehead atoms. The van der Waals surface area contributed by atoms with Gasteiger partial charge in [0, 0.05) is 4.90 Å². The van der Waals surface area contributed by atoms with Crippen molar-refractivity contribution in [2.24, 2.45) is 0 Å². The molecule has 0 amide bonds. The molecule has 0 aliphatic carbocycles. The molecule has 5 atom stereocenters. The molecule has 1 aliphatic heterocycles. The van der Waals surface area contributed by atoms with Crippen LogP contribution in [0.5, 0.6) is 0 Å². The Morgan fingerprint density at radius 1 is 0.531 bits per heavy atom. The minimum atomic E-state index is -4.11. The van der Waals surface area contributed by atoms with Gasteiger partial charge in [-0.2, -0.15) is 8.42 Å². The lowest BCUT2D eigenvalue weighted by Gasteiger charge is -2.45. The van der Waals surface area contributed by atoms with Crippen LogP contribution in [-0.2, 0) is 58.8 Å². The van der Waals surface area contributed by atoms with E-state index in [1.165, 1.54) is 11.8 Å². The summed E-state index contributed by atoms with van der Waals surface area (Å²) in [5.74, 6) is -0.301. The summed E-state index contributed by atoms with van der Waals surface area (Å²) in [6.07, 6.45) is -3.42. The van der Waals surface area contributed by atoms with Crippen molar-refractivity contribution in [3.05, 3.63) is 174 Å². The van der Waals surface area contributed by atoms with Crippen LogP contribution in [0.15, 0.2) is 157 Å². The summed E-state index contributed by atoms with van der Waals surface area (Å²) < 4.78 is 60.0. The molecule has 0 saturated carbocycles. The van der Waals surface area contributed by atoms with Gasteiger partial charge in [-0.15, -0.1) is 0 Å². The zero-order valence-electron chi connectivity index (χ0n) is 27.0. The van der Waals surface area contributed by atoms with E-state index in [-0.39, 0.29) is 25.6 Å². The predicted octanol–water partition coefficient (Wildman–Crippen LogP) is 7.81. The Balaban J connectivity index is 1.34. The molecule has 0 aromatic heterocycles. The third kappa shape index (κ3) is 10.6. The van der Waals surface area contributed by atoms with E-state index in [1.54, 1.807) is 24.3 Å². The molecule has 1 aliphatic rings. The molecule has 0 unspecified atom stereocenters. The Labute approximate surface area is 293 Å². The molecule has 1 saturated heterocycles. The predicted molar refractivity (Wildman–Crippen MR) is 191 cm³/mol. The molecule has 6 rings (SSSR count). The van der Waals surface area contributed by atoms with Gasteiger partial charge in [0.05, 0.1) is 26.4 Å². The van der Waals surface area contributed by atoms with Gasteiger partial charge < -0.3 is 18.9 Å². The first-order chi connectivity index (χ1) is 24.0. The van der Waals surface area contributed by atoms with Crippen LogP contribution in [0.4, 0.5) is 0 Å². The maximum absolute atomic E-state index is 13.8. The van der Waals surface area contributed by atoms with Crippen molar-refractivity contribution in [3.63, 3.8) is 0 Å². The van der Waals surface area contributed by atoms with Crippen LogP contribution in [0.25, 0.3) is 0 Å². The molecular weight excluding hydrogens is 657 g/mol. The van der Waals surface area contributed by atoms with Crippen LogP contribution >= 0.6 is 11.8 Å². The Kier molecular flexibility index (Phi) is 12.7.